The van der Waals surface area contributed by atoms with Gasteiger partial charge in [-0.05, 0) is 29.7 Å². The lowest BCUT2D eigenvalue weighted by Crippen LogP contribution is -2.13. The summed E-state index contributed by atoms with van der Waals surface area (Å²) in [6.45, 7) is 4.42. The van der Waals surface area contributed by atoms with Gasteiger partial charge in [-0.3, -0.25) is 4.72 Å². The number of hydrogen-bond donors (Lipinski definition) is 2. The quantitative estimate of drug-likeness (QED) is 0.891. The zero-order valence-corrected chi connectivity index (χ0v) is 13.1. The first-order valence-corrected chi connectivity index (χ1v) is 8.64. The van der Waals surface area contributed by atoms with E-state index in [2.05, 4.69) is 4.72 Å². The molecular formula is C14H18N2O2S2. The van der Waals surface area contributed by atoms with Crippen molar-refractivity contribution in [3.8, 4) is 0 Å². The molecule has 6 heteroatoms. The number of thiophene rings is 1. The van der Waals surface area contributed by atoms with Gasteiger partial charge in [-0.2, -0.15) is 0 Å². The summed E-state index contributed by atoms with van der Waals surface area (Å²) in [5.74, 6) is 0.247. The number of hydrogen-bond acceptors (Lipinski definition) is 4. The van der Waals surface area contributed by atoms with Gasteiger partial charge in [0, 0.05) is 11.4 Å². The molecule has 0 atom stereocenters. The van der Waals surface area contributed by atoms with Crippen LogP contribution in [0.5, 0.6) is 0 Å². The molecule has 0 fully saturated rings. The predicted molar refractivity (Wildman–Crippen MR) is 83.5 cm³/mol. The average Bonchev–Trinajstić information content (AvgIpc) is 2.88. The van der Waals surface area contributed by atoms with Crippen LogP contribution in [0.25, 0.3) is 0 Å². The molecule has 0 saturated heterocycles. The Morgan fingerprint density at radius 2 is 1.90 bits per heavy atom. The van der Waals surface area contributed by atoms with Crippen molar-refractivity contribution in [3.05, 3.63) is 46.8 Å². The van der Waals surface area contributed by atoms with Gasteiger partial charge in [-0.25, -0.2) is 8.42 Å². The van der Waals surface area contributed by atoms with Gasteiger partial charge in [0.1, 0.15) is 4.21 Å². The van der Waals surface area contributed by atoms with E-state index in [1.165, 1.54) is 11.3 Å². The SMILES string of the molecule is CC(C)c1ccccc1NS(=O)(=O)c1ccc(CN)s1. The van der Waals surface area contributed by atoms with Gasteiger partial charge in [0.05, 0.1) is 5.69 Å². The predicted octanol–water partition coefficient (Wildman–Crippen LogP) is 3.13. The third-order valence-corrected chi connectivity index (χ3v) is 5.90. The van der Waals surface area contributed by atoms with Crippen LogP contribution in [0.15, 0.2) is 40.6 Å². The number of nitrogens with one attached hydrogen (secondary N) is 1. The molecule has 0 bridgehead atoms. The van der Waals surface area contributed by atoms with E-state index in [-0.39, 0.29) is 10.1 Å². The largest absolute Gasteiger partial charge is 0.326 e. The number of para-hydroxylation sites is 1. The van der Waals surface area contributed by atoms with Crippen LogP contribution in [0.1, 0.15) is 30.2 Å². The summed E-state index contributed by atoms with van der Waals surface area (Å²) in [5.41, 5.74) is 7.13. The lowest BCUT2D eigenvalue weighted by atomic mass is 10.0. The zero-order chi connectivity index (χ0) is 14.8. The van der Waals surface area contributed by atoms with Crippen LogP contribution in [0.4, 0.5) is 5.69 Å². The average molecular weight is 310 g/mol. The Bertz CT molecular complexity index is 691. The van der Waals surface area contributed by atoms with E-state index in [0.717, 1.165) is 10.4 Å². The molecule has 20 heavy (non-hydrogen) atoms. The fraction of sp³-hybridized carbons (Fsp3) is 0.286. The maximum atomic E-state index is 12.4. The van der Waals surface area contributed by atoms with Crippen LogP contribution in [-0.4, -0.2) is 8.42 Å². The van der Waals surface area contributed by atoms with Crippen molar-refractivity contribution >= 4 is 27.0 Å². The molecule has 3 N–H and O–H groups in total. The molecule has 1 aromatic heterocycles. The maximum absolute atomic E-state index is 12.4. The molecule has 4 nitrogen and oxygen atoms in total. The van der Waals surface area contributed by atoms with E-state index < -0.39 is 10.0 Å². The maximum Gasteiger partial charge on any atom is 0.271 e. The highest BCUT2D eigenvalue weighted by atomic mass is 32.2. The molecule has 0 spiro atoms. The topological polar surface area (TPSA) is 72.2 Å². The minimum Gasteiger partial charge on any atom is -0.326 e. The van der Waals surface area contributed by atoms with E-state index >= 15 is 0 Å². The van der Waals surface area contributed by atoms with Gasteiger partial charge < -0.3 is 5.73 Å². The lowest BCUT2D eigenvalue weighted by Gasteiger charge is -2.14. The molecule has 0 unspecified atom stereocenters. The van der Waals surface area contributed by atoms with Gasteiger partial charge in [0.25, 0.3) is 10.0 Å². The fourth-order valence-electron chi connectivity index (χ4n) is 1.90. The number of anilines is 1. The van der Waals surface area contributed by atoms with Crippen LogP contribution in [-0.2, 0) is 16.6 Å². The minimum atomic E-state index is -3.55. The number of benzene rings is 1. The molecule has 108 valence electrons. The van der Waals surface area contributed by atoms with Crippen molar-refractivity contribution < 1.29 is 8.42 Å². The van der Waals surface area contributed by atoms with Crippen LogP contribution < -0.4 is 10.5 Å². The normalized spacial score (nSPS) is 11.8. The van der Waals surface area contributed by atoms with Gasteiger partial charge in [0.15, 0.2) is 0 Å². The minimum absolute atomic E-state index is 0.247. The summed E-state index contributed by atoms with van der Waals surface area (Å²) in [5, 5.41) is 0. The highest BCUT2D eigenvalue weighted by Gasteiger charge is 2.18. The van der Waals surface area contributed by atoms with E-state index in [4.69, 9.17) is 5.73 Å². The van der Waals surface area contributed by atoms with Crippen LogP contribution >= 0.6 is 11.3 Å². The first-order valence-electron chi connectivity index (χ1n) is 6.34. The molecule has 0 amide bonds. The first kappa shape index (κ1) is 15.0. The Balaban J connectivity index is 2.33. The van der Waals surface area contributed by atoms with Gasteiger partial charge in [0.2, 0.25) is 0 Å². The second-order valence-corrected chi connectivity index (χ2v) is 7.85. The Kier molecular flexibility index (Phi) is 4.47. The standard InChI is InChI=1S/C14H18N2O2S2/c1-10(2)12-5-3-4-6-13(12)16-20(17,18)14-8-7-11(9-15)19-14/h3-8,10,16H,9,15H2,1-2H3. The van der Waals surface area contributed by atoms with Crippen LogP contribution in [0.2, 0.25) is 0 Å². The van der Waals surface area contributed by atoms with Crippen LogP contribution in [0.3, 0.4) is 0 Å². The lowest BCUT2D eigenvalue weighted by molar-refractivity contribution is 0.603. The first-order chi connectivity index (χ1) is 9.44. The molecule has 1 heterocycles. The van der Waals surface area contributed by atoms with Gasteiger partial charge >= 0.3 is 0 Å². The smallest absolute Gasteiger partial charge is 0.271 e. The number of rotatable bonds is 5. The van der Waals surface area contributed by atoms with Crippen molar-refractivity contribution in [2.24, 2.45) is 5.73 Å². The molecule has 0 aliphatic rings. The Hall–Kier alpha value is -1.37. The fourth-order valence-corrected chi connectivity index (χ4v) is 4.22. The molecule has 0 aliphatic carbocycles. The second kappa shape index (κ2) is 5.95. The summed E-state index contributed by atoms with van der Waals surface area (Å²) in [7, 11) is -3.55. The third-order valence-electron chi connectivity index (χ3n) is 2.93. The summed E-state index contributed by atoms with van der Waals surface area (Å²) >= 11 is 1.20. The van der Waals surface area contributed by atoms with Crippen molar-refractivity contribution in [2.75, 3.05) is 4.72 Å². The highest BCUT2D eigenvalue weighted by molar-refractivity contribution is 7.94. The molecule has 1 aromatic carbocycles. The van der Waals surface area contributed by atoms with Gasteiger partial charge in [-0.1, -0.05) is 32.0 Å². The van der Waals surface area contributed by atoms with E-state index in [0.29, 0.717) is 12.2 Å². The zero-order valence-electron chi connectivity index (χ0n) is 11.5. The van der Waals surface area contributed by atoms with E-state index in [1.807, 2.05) is 32.0 Å². The van der Waals surface area contributed by atoms with E-state index in [9.17, 15) is 8.42 Å². The Labute approximate surface area is 123 Å². The van der Waals surface area contributed by atoms with Crippen molar-refractivity contribution in [1.82, 2.24) is 0 Å². The summed E-state index contributed by atoms with van der Waals surface area (Å²) < 4.78 is 27.7. The monoisotopic (exact) mass is 310 g/mol. The molecular weight excluding hydrogens is 292 g/mol. The summed E-state index contributed by atoms with van der Waals surface area (Å²) in [6, 6.07) is 10.8. The van der Waals surface area contributed by atoms with Crippen molar-refractivity contribution in [3.63, 3.8) is 0 Å². The number of sulfonamides is 1. The molecule has 0 radical (unpaired) electrons. The van der Waals surface area contributed by atoms with Crippen molar-refractivity contribution in [2.45, 2.75) is 30.5 Å². The molecule has 2 rings (SSSR count). The number of nitrogens with two attached hydrogens (primary N) is 1. The third kappa shape index (κ3) is 3.20. The van der Waals surface area contributed by atoms with Gasteiger partial charge in [-0.15, -0.1) is 11.3 Å². The van der Waals surface area contributed by atoms with Crippen molar-refractivity contribution in [1.29, 1.82) is 0 Å². The molecule has 0 saturated carbocycles. The summed E-state index contributed by atoms with van der Waals surface area (Å²) in [6.07, 6.45) is 0. The highest BCUT2D eigenvalue weighted by Crippen LogP contribution is 2.28. The Morgan fingerprint density at radius 1 is 1.20 bits per heavy atom. The molecule has 0 aliphatic heterocycles. The van der Waals surface area contributed by atoms with Crippen LogP contribution in [0, 0.1) is 0 Å². The second-order valence-electron chi connectivity index (χ2n) is 4.77. The summed E-state index contributed by atoms with van der Waals surface area (Å²) in [4.78, 5) is 0.850. The Morgan fingerprint density at radius 3 is 2.50 bits per heavy atom. The van der Waals surface area contributed by atoms with E-state index in [1.54, 1.807) is 18.2 Å². The molecule has 2 aromatic rings.